The molecule has 3 aromatic carbocycles. The van der Waals surface area contributed by atoms with Crippen LogP contribution in [0.2, 0.25) is 0 Å². The molecule has 3 heterocycles. The zero-order chi connectivity index (χ0) is 25.2. The number of rotatable bonds is 7. The second-order valence-corrected chi connectivity index (χ2v) is 8.86. The van der Waals surface area contributed by atoms with E-state index in [0.29, 0.717) is 24.0 Å². The first kappa shape index (κ1) is 22.7. The summed E-state index contributed by atoms with van der Waals surface area (Å²) in [6.45, 7) is 1.32. The van der Waals surface area contributed by atoms with Crippen LogP contribution in [-0.4, -0.2) is 27.0 Å². The molecule has 3 aromatic heterocycles. The number of hydrogen-bond acceptors (Lipinski definition) is 5. The van der Waals surface area contributed by atoms with Crippen LogP contribution in [0.15, 0.2) is 95.9 Å². The zero-order valence-electron chi connectivity index (χ0n) is 20.3. The molecule has 0 unspecified atom stereocenters. The third kappa shape index (κ3) is 4.60. The van der Waals surface area contributed by atoms with Crippen molar-refractivity contribution in [1.82, 2.24) is 25.3 Å². The molecule has 0 aliphatic carbocycles. The van der Waals surface area contributed by atoms with E-state index in [9.17, 15) is 4.79 Å². The molecule has 0 atom stereocenters. The SMILES string of the molecule is COc1ccc2nc(CNCc3ccc(-c4nc5cc[nH]c(=O)c5cc4-c4ccccc4)cc3)[nH]c2c1. The maximum Gasteiger partial charge on any atom is 0.257 e. The van der Waals surface area contributed by atoms with Gasteiger partial charge in [0, 0.05) is 29.9 Å². The normalized spacial score (nSPS) is 11.3. The summed E-state index contributed by atoms with van der Waals surface area (Å²) in [5, 5.41) is 4.03. The van der Waals surface area contributed by atoms with Crippen molar-refractivity contribution in [3.8, 4) is 28.1 Å². The maximum absolute atomic E-state index is 12.4. The third-order valence-corrected chi connectivity index (χ3v) is 6.42. The van der Waals surface area contributed by atoms with E-state index in [-0.39, 0.29) is 5.56 Å². The quantitative estimate of drug-likeness (QED) is 0.279. The molecule has 0 saturated carbocycles. The Morgan fingerprint density at radius 2 is 1.68 bits per heavy atom. The summed E-state index contributed by atoms with van der Waals surface area (Å²) in [6.07, 6.45) is 1.64. The van der Waals surface area contributed by atoms with E-state index in [0.717, 1.165) is 50.6 Å². The van der Waals surface area contributed by atoms with Gasteiger partial charge < -0.3 is 20.0 Å². The van der Waals surface area contributed by atoms with E-state index in [1.807, 2.05) is 60.7 Å². The van der Waals surface area contributed by atoms with Crippen molar-refractivity contribution in [3.05, 3.63) is 113 Å². The first-order valence-electron chi connectivity index (χ1n) is 12.1. The fourth-order valence-corrected chi connectivity index (χ4v) is 4.53. The van der Waals surface area contributed by atoms with Crippen molar-refractivity contribution in [3.63, 3.8) is 0 Å². The second kappa shape index (κ2) is 9.72. The van der Waals surface area contributed by atoms with E-state index < -0.39 is 0 Å². The van der Waals surface area contributed by atoms with E-state index >= 15 is 0 Å². The van der Waals surface area contributed by atoms with E-state index in [1.54, 1.807) is 13.3 Å². The lowest BCUT2D eigenvalue weighted by molar-refractivity contribution is 0.415. The van der Waals surface area contributed by atoms with Crippen LogP contribution in [-0.2, 0) is 13.1 Å². The van der Waals surface area contributed by atoms with Crippen molar-refractivity contribution >= 4 is 21.9 Å². The number of ether oxygens (including phenoxy) is 1. The topological polar surface area (TPSA) is 95.7 Å². The summed E-state index contributed by atoms with van der Waals surface area (Å²) in [5.74, 6) is 1.68. The summed E-state index contributed by atoms with van der Waals surface area (Å²) in [4.78, 5) is 28.0. The number of pyridine rings is 2. The maximum atomic E-state index is 12.4. The smallest absolute Gasteiger partial charge is 0.257 e. The summed E-state index contributed by atoms with van der Waals surface area (Å²) >= 11 is 0. The average molecular weight is 488 g/mol. The molecule has 182 valence electrons. The highest BCUT2D eigenvalue weighted by atomic mass is 16.5. The molecule has 0 aliphatic heterocycles. The lowest BCUT2D eigenvalue weighted by atomic mass is 9.97. The lowest BCUT2D eigenvalue weighted by Crippen LogP contribution is -2.13. The van der Waals surface area contributed by atoms with Crippen LogP contribution in [0.3, 0.4) is 0 Å². The van der Waals surface area contributed by atoms with Gasteiger partial charge >= 0.3 is 0 Å². The van der Waals surface area contributed by atoms with Gasteiger partial charge in [-0.25, -0.2) is 9.97 Å². The lowest BCUT2D eigenvalue weighted by Gasteiger charge is -2.12. The molecule has 37 heavy (non-hydrogen) atoms. The van der Waals surface area contributed by atoms with Gasteiger partial charge in [0.1, 0.15) is 11.6 Å². The van der Waals surface area contributed by atoms with Crippen LogP contribution in [0.25, 0.3) is 44.3 Å². The molecule has 6 rings (SSSR count). The van der Waals surface area contributed by atoms with Crippen LogP contribution >= 0.6 is 0 Å². The molecule has 3 N–H and O–H groups in total. The Kier molecular flexibility index (Phi) is 5.96. The molecule has 6 aromatic rings. The predicted octanol–water partition coefficient (Wildman–Crippen LogP) is 5.43. The largest absolute Gasteiger partial charge is 0.497 e. The highest BCUT2D eigenvalue weighted by Gasteiger charge is 2.13. The number of imidazole rings is 1. The van der Waals surface area contributed by atoms with Crippen LogP contribution in [0.4, 0.5) is 0 Å². The monoisotopic (exact) mass is 487 g/mol. The number of nitrogens with zero attached hydrogens (tertiary/aromatic N) is 2. The van der Waals surface area contributed by atoms with E-state index in [2.05, 4.69) is 44.5 Å². The van der Waals surface area contributed by atoms with E-state index in [1.165, 1.54) is 0 Å². The molecule has 7 nitrogen and oxygen atoms in total. The molecular formula is C30H25N5O2. The molecule has 0 bridgehead atoms. The minimum Gasteiger partial charge on any atom is -0.497 e. The number of fused-ring (bicyclic) bond motifs is 2. The molecule has 0 radical (unpaired) electrons. The predicted molar refractivity (Wildman–Crippen MR) is 146 cm³/mol. The Labute approximate surface area is 213 Å². The standard InChI is InChI=1S/C30H25N5O2/c1-37-22-11-12-26-27(15-22)34-28(33-26)18-31-17-19-7-9-21(10-8-19)29-23(20-5-3-2-4-6-20)16-24-25(35-29)13-14-32-30(24)36/h2-16,31H,17-18H2,1H3,(H,32,36)(H,33,34). The molecule has 0 saturated heterocycles. The van der Waals surface area contributed by atoms with Crippen molar-refractivity contribution in [2.75, 3.05) is 7.11 Å². The molecule has 0 aliphatic rings. The van der Waals surface area contributed by atoms with Gasteiger partial charge in [-0.3, -0.25) is 4.79 Å². The van der Waals surface area contributed by atoms with Gasteiger partial charge in [-0.15, -0.1) is 0 Å². The van der Waals surface area contributed by atoms with Crippen LogP contribution in [0.5, 0.6) is 5.75 Å². The highest BCUT2D eigenvalue weighted by molar-refractivity contribution is 5.91. The summed E-state index contributed by atoms with van der Waals surface area (Å²) in [6, 6.07) is 28.0. The van der Waals surface area contributed by atoms with Crippen molar-refractivity contribution in [2.45, 2.75) is 13.1 Å². The fourth-order valence-electron chi connectivity index (χ4n) is 4.53. The molecule has 0 amide bonds. The van der Waals surface area contributed by atoms with Crippen molar-refractivity contribution in [1.29, 1.82) is 0 Å². The molecule has 7 heteroatoms. The Bertz CT molecular complexity index is 1760. The minimum atomic E-state index is -0.140. The van der Waals surface area contributed by atoms with Gasteiger partial charge in [0.15, 0.2) is 0 Å². The number of nitrogens with one attached hydrogen (secondary N) is 3. The molecule has 0 fully saturated rings. The molecular weight excluding hydrogens is 462 g/mol. The zero-order valence-corrected chi connectivity index (χ0v) is 20.3. The van der Waals surface area contributed by atoms with Crippen LogP contribution < -0.4 is 15.6 Å². The summed E-state index contributed by atoms with van der Waals surface area (Å²) in [7, 11) is 1.66. The van der Waals surface area contributed by atoms with Crippen LogP contribution in [0, 0.1) is 0 Å². The number of aromatic nitrogens is 4. The van der Waals surface area contributed by atoms with Gasteiger partial charge in [-0.05, 0) is 35.4 Å². The first-order chi connectivity index (χ1) is 18.2. The van der Waals surface area contributed by atoms with Gasteiger partial charge in [0.25, 0.3) is 5.56 Å². The van der Waals surface area contributed by atoms with Gasteiger partial charge in [0.2, 0.25) is 0 Å². The highest BCUT2D eigenvalue weighted by Crippen LogP contribution is 2.32. The number of methoxy groups -OCH3 is 1. The third-order valence-electron chi connectivity index (χ3n) is 6.42. The minimum absolute atomic E-state index is 0.140. The number of aromatic amines is 2. The van der Waals surface area contributed by atoms with Gasteiger partial charge in [0.05, 0.1) is 41.3 Å². The first-order valence-corrected chi connectivity index (χ1v) is 12.1. The number of hydrogen-bond donors (Lipinski definition) is 3. The fraction of sp³-hybridized carbons (Fsp3) is 0.100. The average Bonchev–Trinajstić information content (AvgIpc) is 3.35. The Morgan fingerprint density at radius 1 is 0.838 bits per heavy atom. The van der Waals surface area contributed by atoms with E-state index in [4.69, 9.17) is 9.72 Å². The van der Waals surface area contributed by atoms with Gasteiger partial charge in [-0.2, -0.15) is 0 Å². The number of benzene rings is 3. The Hall–Kier alpha value is -4.75. The summed E-state index contributed by atoms with van der Waals surface area (Å²) < 4.78 is 5.29. The van der Waals surface area contributed by atoms with Crippen molar-refractivity contribution in [2.24, 2.45) is 0 Å². The Balaban J connectivity index is 1.23. The molecule has 0 spiro atoms. The van der Waals surface area contributed by atoms with Gasteiger partial charge in [-0.1, -0.05) is 54.6 Å². The Morgan fingerprint density at radius 3 is 2.49 bits per heavy atom. The van der Waals surface area contributed by atoms with Crippen LogP contribution in [0.1, 0.15) is 11.4 Å². The number of H-pyrrole nitrogens is 2. The second-order valence-electron chi connectivity index (χ2n) is 8.86. The summed E-state index contributed by atoms with van der Waals surface area (Å²) in [5.41, 5.74) is 7.35. The van der Waals surface area contributed by atoms with Crippen molar-refractivity contribution < 1.29 is 4.74 Å².